The highest BCUT2D eigenvalue weighted by Gasteiger charge is 2.38. The van der Waals surface area contributed by atoms with Gasteiger partial charge in [0.15, 0.2) is 0 Å². The van der Waals surface area contributed by atoms with E-state index in [-0.39, 0.29) is 18.0 Å². The Hall–Kier alpha value is -1.10. The monoisotopic (exact) mass is 256 g/mol. The molecule has 104 valence electrons. The molecule has 5 heteroatoms. The Labute approximate surface area is 109 Å². The SMILES string of the molecule is CC(C)(C)NC(=O)CN1CCCC(C)(C(=O)O)C1. The van der Waals surface area contributed by atoms with Crippen molar-refractivity contribution in [1.82, 2.24) is 10.2 Å². The zero-order chi connectivity index (χ0) is 14.0. The van der Waals surface area contributed by atoms with E-state index in [9.17, 15) is 14.7 Å². The number of aliphatic carboxylic acids is 1. The summed E-state index contributed by atoms with van der Waals surface area (Å²) in [5.74, 6) is -0.819. The van der Waals surface area contributed by atoms with Crippen LogP contribution in [0, 0.1) is 5.41 Å². The smallest absolute Gasteiger partial charge is 0.310 e. The van der Waals surface area contributed by atoms with Crippen molar-refractivity contribution < 1.29 is 14.7 Å². The largest absolute Gasteiger partial charge is 0.481 e. The molecule has 1 rings (SSSR count). The molecular formula is C13H24N2O3. The van der Waals surface area contributed by atoms with Gasteiger partial charge in [-0.15, -0.1) is 0 Å². The molecule has 0 radical (unpaired) electrons. The zero-order valence-electron chi connectivity index (χ0n) is 11.7. The first-order chi connectivity index (χ1) is 8.12. The van der Waals surface area contributed by atoms with Crippen molar-refractivity contribution >= 4 is 11.9 Å². The summed E-state index contributed by atoms with van der Waals surface area (Å²) in [5.41, 5.74) is -0.969. The first-order valence-electron chi connectivity index (χ1n) is 6.39. The number of rotatable bonds is 3. The number of likely N-dealkylation sites (tertiary alicyclic amines) is 1. The van der Waals surface area contributed by atoms with Crippen LogP contribution in [0.15, 0.2) is 0 Å². The second kappa shape index (κ2) is 5.26. The van der Waals surface area contributed by atoms with Gasteiger partial charge in [-0.3, -0.25) is 14.5 Å². The Kier molecular flexibility index (Phi) is 4.37. The average Bonchev–Trinajstić information content (AvgIpc) is 2.13. The van der Waals surface area contributed by atoms with Crippen LogP contribution in [0.25, 0.3) is 0 Å². The van der Waals surface area contributed by atoms with E-state index in [0.29, 0.717) is 13.0 Å². The standard InChI is InChI=1S/C13H24N2O3/c1-12(2,3)14-10(16)8-15-7-5-6-13(4,9-15)11(17)18/h5-9H2,1-4H3,(H,14,16)(H,17,18). The fourth-order valence-corrected chi connectivity index (χ4v) is 2.31. The van der Waals surface area contributed by atoms with Gasteiger partial charge in [-0.25, -0.2) is 0 Å². The van der Waals surface area contributed by atoms with Gasteiger partial charge in [-0.05, 0) is 47.1 Å². The number of nitrogens with zero attached hydrogens (tertiary/aromatic N) is 1. The van der Waals surface area contributed by atoms with E-state index in [1.165, 1.54) is 0 Å². The fourth-order valence-electron chi connectivity index (χ4n) is 2.31. The highest BCUT2D eigenvalue weighted by atomic mass is 16.4. The van der Waals surface area contributed by atoms with Crippen LogP contribution in [0.3, 0.4) is 0 Å². The molecule has 1 atom stereocenters. The number of hydrogen-bond acceptors (Lipinski definition) is 3. The van der Waals surface area contributed by atoms with Crippen molar-refractivity contribution in [1.29, 1.82) is 0 Å². The van der Waals surface area contributed by atoms with Crippen LogP contribution in [0.1, 0.15) is 40.5 Å². The highest BCUT2D eigenvalue weighted by Crippen LogP contribution is 2.29. The summed E-state index contributed by atoms with van der Waals surface area (Å²) >= 11 is 0. The van der Waals surface area contributed by atoms with E-state index >= 15 is 0 Å². The van der Waals surface area contributed by atoms with Crippen LogP contribution in [0.2, 0.25) is 0 Å². The molecule has 5 nitrogen and oxygen atoms in total. The average molecular weight is 256 g/mol. The Morgan fingerprint density at radius 3 is 2.50 bits per heavy atom. The topological polar surface area (TPSA) is 69.6 Å². The fraction of sp³-hybridized carbons (Fsp3) is 0.846. The first-order valence-corrected chi connectivity index (χ1v) is 6.39. The van der Waals surface area contributed by atoms with E-state index < -0.39 is 11.4 Å². The molecule has 1 unspecified atom stereocenters. The highest BCUT2D eigenvalue weighted by molar-refractivity contribution is 5.79. The van der Waals surface area contributed by atoms with Crippen molar-refractivity contribution in [2.24, 2.45) is 5.41 Å². The first kappa shape index (κ1) is 15.0. The molecule has 1 amide bonds. The molecule has 0 aromatic heterocycles. The van der Waals surface area contributed by atoms with Gasteiger partial charge < -0.3 is 10.4 Å². The number of carbonyl (C=O) groups is 2. The second-order valence-electron chi connectivity index (χ2n) is 6.48. The van der Waals surface area contributed by atoms with E-state index in [1.54, 1.807) is 6.92 Å². The van der Waals surface area contributed by atoms with Crippen molar-refractivity contribution in [2.75, 3.05) is 19.6 Å². The molecule has 0 aromatic rings. The molecule has 1 saturated heterocycles. The van der Waals surface area contributed by atoms with Gasteiger partial charge in [0, 0.05) is 12.1 Å². The van der Waals surface area contributed by atoms with Gasteiger partial charge in [-0.2, -0.15) is 0 Å². The molecular weight excluding hydrogens is 232 g/mol. The summed E-state index contributed by atoms with van der Waals surface area (Å²) in [6.45, 7) is 9.07. The third-order valence-electron chi connectivity index (χ3n) is 3.17. The Balaban J connectivity index is 2.53. The van der Waals surface area contributed by atoms with Crippen molar-refractivity contribution in [3.63, 3.8) is 0 Å². The lowest BCUT2D eigenvalue weighted by Gasteiger charge is -2.37. The predicted molar refractivity (Wildman–Crippen MR) is 69.3 cm³/mol. The lowest BCUT2D eigenvalue weighted by molar-refractivity contribution is -0.151. The lowest BCUT2D eigenvalue weighted by atomic mass is 9.82. The number of carbonyl (C=O) groups excluding carboxylic acids is 1. The summed E-state index contributed by atoms with van der Waals surface area (Å²) in [4.78, 5) is 24.9. The number of piperidine rings is 1. The van der Waals surface area contributed by atoms with Gasteiger partial charge in [0.1, 0.15) is 0 Å². The minimum Gasteiger partial charge on any atom is -0.481 e. The number of carboxylic acid groups (broad SMARTS) is 1. The Morgan fingerprint density at radius 2 is 2.00 bits per heavy atom. The summed E-state index contributed by atoms with van der Waals surface area (Å²) in [6.07, 6.45) is 1.51. The van der Waals surface area contributed by atoms with Crippen LogP contribution in [0.4, 0.5) is 0 Å². The minimum absolute atomic E-state index is 0.0443. The van der Waals surface area contributed by atoms with Crippen LogP contribution in [-0.4, -0.2) is 47.1 Å². The molecule has 1 fully saturated rings. The molecule has 1 heterocycles. The molecule has 0 aliphatic carbocycles. The third-order valence-corrected chi connectivity index (χ3v) is 3.17. The van der Waals surface area contributed by atoms with Crippen molar-refractivity contribution in [3.8, 4) is 0 Å². The van der Waals surface area contributed by atoms with Gasteiger partial charge in [-0.1, -0.05) is 0 Å². The van der Waals surface area contributed by atoms with Crippen LogP contribution in [0.5, 0.6) is 0 Å². The van der Waals surface area contributed by atoms with Gasteiger partial charge in [0.05, 0.1) is 12.0 Å². The normalized spacial score (nSPS) is 25.8. The van der Waals surface area contributed by atoms with Crippen molar-refractivity contribution in [3.05, 3.63) is 0 Å². The van der Waals surface area contributed by atoms with Gasteiger partial charge in [0.2, 0.25) is 5.91 Å². The quantitative estimate of drug-likeness (QED) is 0.793. The maximum atomic E-state index is 11.8. The number of nitrogens with one attached hydrogen (secondary N) is 1. The summed E-state index contributed by atoms with van der Waals surface area (Å²) in [5, 5.41) is 12.1. The zero-order valence-corrected chi connectivity index (χ0v) is 11.7. The molecule has 1 aliphatic heterocycles. The maximum absolute atomic E-state index is 11.8. The second-order valence-corrected chi connectivity index (χ2v) is 6.48. The Bertz CT molecular complexity index is 336. The summed E-state index contributed by atoms with van der Waals surface area (Å²) in [6, 6.07) is 0. The molecule has 2 N–H and O–H groups in total. The van der Waals surface area contributed by atoms with Gasteiger partial charge >= 0.3 is 5.97 Å². The molecule has 18 heavy (non-hydrogen) atoms. The molecule has 1 aliphatic rings. The molecule has 0 aromatic carbocycles. The van der Waals surface area contributed by atoms with Crippen LogP contribution in [-0.2, 0) is 9.59 Å². The minimum atomic E-state index is -0.775. The van der Waals surface area contributed by atoms with E-state index in [4.69, 9.17) is 0 Å². The number of hydrogen-bond donors (Lipinski definition) is 2. The van der Waals surface area contributed by atoms with Crippen molar-refractivity contribution in [2.45, 2.75) is 46.1 Å². The van der Waals surface area contributed by atoms with E-state index in [0.717, 1.165) is 13.0 Å². The number of carboxylic acids is 1. The third kappa shape index (κ3) is 4.29. The van der Waals surface area contributed by atoms with Crippen LogP contribution < -0.4 is 5.32 Å². The Morgan fingerprint density at radius 1 is 1.39 bits per heavy atom. The van der Waals surface area contributed by atoms with Gasteiger partial charge in [0.25, 0.3) is 0 Å². The summed E-state index contributed by atoms with van der Waals surface area (Å²) < 4.78 is 0. The predicted octanol–water partition coefficient (Wildman–Crippen LogP) is 1.09. The van der Waals surface area contributed by atoms with Crippen LogP contribution >= 0.6 is 0 Å². The molecule has 0 saturated carbocycles. The maximum Gasteiger partial charge on any atom is 0.310 e. The molecule has 0 bridgehead atoms. The van der Waals surface area contributed by atoms with E-state index in [1.807, 2.05) is 25.7 Å². The number of amides is 1. The summed E-state index contributed by atoms with van der Waals surface area (Å²) in [7, 11) is 0. The lowest BCUT2D eigenvalue weighted by Crippen LogP contribution is -2.51. The molecule has 0 spiro atoms. The van der Waals surface area contributed by atoms with E-state index in [2.05, 4.69) is 5.32 Å².